The molecule has 1 aliphatic rings. The maximum absolute atomic E-state index is 13.4. The van der Waals surface area contributed by atoms with Crippen molar-refractivity contribution in [1.82, 2.24) is 0 Å². The highest BCUT2D eigenvalue weighted by Crippen LogP contribution is 2.27. The Kier molecular flexibility index (Phi) is 3.20. The molecule has 2 unspecified atom stereocenters. The number of aliphatic hydroxyl groups is 1. The summed E-state index contributed by atoms with van der Waals surface area (Å²) < 4.78 is 60.2. The first kappa shape index (κ1) is 13.4. The zero-order valence-electron chi connectivity index (χ0n) is 9.15. The number of hydrogen-bond donors (Lipinski definition) is 1. The number of rotatable bonds is 2. The van der Waals surface area contributed by atoms with Crippen molar-refractivity contribution in [2.24, 2.45) is 0 Å². The number of aliphatic hydroxyl groups excluding tert-OH is 1. The first-order valence-electron chi connectivity index (χ1n) is 5.11. The Bertz CT molecular complexity index is 665. The van der Waals surface area contributed by atoms with Crippen LogP contribution in [0.5, 0.6) is 0 Å². The molecular formula is C10H11FO5S2. The van der Waals surface area contributed by atoms with Gasteiger partial charge < -0.3 is 5.11 Å². The third-order valence-corrected chi connectivity index (χ3v) is 6.96. The van der Waals surface area contributed by atoms with Crippen LogP contribution in [0.3, 0.4) is 0 Å². The Morgan fingerprint density at radius 1 is 1.22 bits per heavy atom. The zero-order chi connectivity index (χ0) is 13.6. The van der Waals surface area contributed by atoms with Crippen molar-refractivity contribution in [1.29, 1.82) is 0 Å². The van der Waals surface area contributed by atoms with Gasteiger partial charge in [-0.15, -0.1) is 0 Å². The number of halogens is 1. The molecule has 1 heterocycles. The maximum Gasteiger partial charge on any atom is 0.187 e. The minimum Gasteiger partial charge on any atom is -0.391 e. The van der Waals surface area contributed by atoms with Gasteiger partial charge in [-0.25, -0.2) is 21.2 Å². The van der Waals surface area contributed by atoms with E-state index in [9.17, 15) is 26.3 Å². The standard InChI is InChI=1S/C10H11FO5S2/c11-7-3-1-2-4-9(7)18(15,16)10-6-17(13,14)5-8(10)12/h1-4,8,10,12H,5-6H2. The molecule has 1 saturated heterocycles. The van der Waals surface area contributed by atoms with Gasteiger partial charge in [0.25, 0.3) is 0 Å². The SMILES string of the molecule is O=S1(=O)CC(O)C(S(=O)(=O)c2ccccc2F)C1. The van der Waals surface area contributed by atoms with Crippen molar-refractivity contribution in [3.63, 3.8) is 0 Å². The van der Waals surface area contributed by atoms with Crippen LogP contribution >= 0.6 is 0 Å². The van der Waals surface area contributed by atoms with E-state index in [2.05, 4.69) is 0 Å². The fourth-order valence-corrected chi connectivity index (χ4v) is 6.45. The molecule has 0 amide bonds. The van der Waals surface area contributed by atoms with E-state index in [1.54, 1.807) is 0 Å². The van der Waals surface area contributed by atoms with Gasteiger partial charge in [0.15, 0.2) is 19.7 Å². The summed E-state index contributed by atoms with van der Waals surface area (Å²) in [5, 5.41) is 8.03. The van der Waals surface area contributed by atoms with Crippen LogP contribution in [0, 0.1) is 5.82 Å². The summed E-state index contributed by atoms with van der Waals surface area (Å²) in [7, 11) is -7.79. The second kappa shape index (κ2) is 4.29. The van der Waals surface area contributed by atoms with Crippen LogP contribution in [-0.2, 0) is 19.7 Å². The third kappa shape index (κ3) is 2.27. The summed E-state index contributed by atoms with van der Waals surface area (Å²) in [6, 6.07) is 4.70. The van der Waals surface area contributed by atoms with Crippen LogP contribution in [-0.4, -0.2) is 44.8 Å². The van der Waals surface area contributed by atoms with E-state index in [0.717, 1.165) is 12.1 Å². The van der Waals surface area contributed by atoms with Gasteiger partial charge in [0.05, 0.1) is 17.6 Å². The molecule has 0 spiro atoms. The summed E-state index contributed by atoms with van der Waals surface area (Å²) in [5.74, 6) is -2.23. The van der Waals surface area contributed by atoms with Gasteiger partial charge in [-0.3, -0.25) is 0 Å². The lowest BCUT2D eigenvalue weighted by Gasteiger charge is -2.14. The van der Waals surface area contributed by atoms with Gasteiger partial charge in [-0.05, 0) is 12.1 Å². The highest BCUT2D eigenvalue weighted by Gasteiger charge is 2.45. The molecule has 100 valence electrons. The van der Waals surface area contributed by atoms with E-state index in [1.807, 2.05) is 0 Å². The van der Waals surface area contributed by atoms with Crippen molar-refractivity contribution in [2.45, 2.75) is 16.2 Å². The fraction of sp³-hybridized carbons (Fsp3) is 0.400. The molecule has 2 atom stereocenters. The smallest absolute Gasteiger partial charge is 0.187 e. The minimum atomic E-state index is -4.19. The first-order chi connectivity index (χ1) is 8.24. The fourth-order valence-electron chi connectivity index (χ4n) is 1.93. The summed E-state index contributed by atoms with van der Waals surface area (Å²) >= 11 is 0. The van der Waals surface area contributed by atoms with Gasteiger partial charge in [-0.2, -0.15) is 0 Å². The van der Waals surface area contributed by atoms with Crippen LogP contribution in [0.15, 0.2) is 29.2 Å². The molecule has 5 nitrogen and oxygen atoms in total. The Balaban J connectivity index is 2.49. The van der Waals surface area contributed by atoms with Crippen LogP contribution in [0.4, 0.5) is 4.39 Å². The molecule has 0 saturated carbocycles. The van der Waals surface area contributed by atoms with E-state index >= 15 is 0 Å². The Labute approximate surface area is 104 Å². The Morgan fingerprint density at radius 2 is 1.83 bits per heavy atom. The summed E-state index contributed by atoms with van der Waals surface area (Å²) in [5.41, 5.74) is 0. The number of sulfone groups is 2. The molecule has 1 aromatic rings. The molecule has 0 aliphatic carbocycles. The van der Waals surface area contributed by atoms with Crippen molar-refractivity contribution >= 4 is 19.7 Å². The maximum atomic E-state index is 13.4. The highest BCUT2D eigenvalue weighted by atomic mass is 32.2. The van der Waals surface area contributed by atoms with E-state index in [0.29, 0.717) is 0 Å². The van der Waals surface area contributed by atoms with Crippen LogP contribution in [0.2, 0.25) is 0 Å². The van der Waals surface area contributed by atoms with Crippen molar-refractivity contribution < 1.29 is 26.3 Å². The summed E-state index contributed by atoms with van der Waals surface area (Å²) in [6.45, 7) is 0. The molecule has 18 heavy (non-hydrogen) atoms. The Morgan fingerprint density at radius 3 is 2.33 bits per heavy atom. The largest absolute Gasteiger partial charge is 0.391 e. The molecule has 0 radical (unpaired) electrons. The number of benzene rings is 1. The minimum absolute atomic E-state index is 0.578. The second-order valence-corrected chi connectivity index (χ2v) is 8.45. The van der Waals surface area contributed by atoms with E-state index < -0.39 is 53.2 Å². The summed E-state index contributed by atoms with van der Waals surface area (Å²) in [6.07, 6.45) is -1.51. The molecule has 1 fully saturated rings. The lowest BCUT2D eigenvalue weighted by atomic mass is 10.3. The quantitative estimate of drug-likeness (QED) is 0.813. The monoisotopic (exact) mass is 294 g/mol. The highest BCUT2D eigenvalue weighted by molar-refractivity contribution is 7.96. The molecule has 1 N–H and O–H groups in total. The normalized spacial score (nSPS) is 27.2. The molecule has 8 heteroatoms. The molecule has 0 aromatic heterocycles. The number of hydrogen-bond acceptors (Lipinski definition) is 5. The molecule has 2 rings (SSSR count). The van der Waals surface area contributed by atoms with Gasteiger partial charge in [0.1, 0.15) is 16.0 Å². The van der Waals surface area contributed by atoms with Gasteiger partial charge in [-0.1, -0.05) is 12.1 Å². The lowest BCUT2D eigenvalue weighted by Crippen LogP contribution is -2.33. The van der Waals surface area contributed by atoms with Crippen molar-refractivity contribution in [2.75, 3.05) is 11.5 Å². The molecule has 1 aromatic carbocycles. The van der Waals surface area contributed by atoms with Crippen LogP contribution in [0.1, 0.15) is 0 Å². The zero-order valence-corrected chi connectivity index (χ0v) is 10.8. The third-order valence-electron chi connectivity index (χ3n) is 2.81. The first-order valence-corrected chi connectivity index (χ1v) is 8.48. The van der Waals surface area contributed by atoms with Gasteiger partial charge >= 0.3 is 0 Å². The lowest BCUT2D eigenvalue weighted by molar-refractivity contribution is 0.204. The van der Waals surface area contributed by atoms with E-state index in [4.69, 9.17) is 0 Å². The molecular weight excluding hydrogens is 283 g/mol. The van der Waals surface area contributed by atoms with Crippen molar-refractivity contribution in [3.8, 4) is 0 Å². The summed E-state index contributed by atoms with van der Waals surface area (Å²) in [4.78, 5) is -0.578. The van der Waals surface area contributed by atoms with Crippen LogP contribution in [0.25, 0.3) is 0 Å². The predicted octanol–water partition coefficient (Wildman–Crippen LogP) is -0.243. The molecule has 0 bridgehead atoms. The Hall–Kier alpha value is -0.990. The van der Waals surface area contributed by atoms with Gasteiger partial charge in [0.2, 0.25) is 0 Å². The predicted molar refractivity (Wildman–Crippen MR) is 62.0 cm³/mol. The van der Waals surface area contributed by atoms with E-state index in [1.165, 1.54) is 12.1 Å². The second-order valence-electron chi connectivity index (χ2n) is 4.16. The van der Waals surface area contributed by atoms with Gasteiger partial charge in [0, 0.05) is 0 Å². The topological polar surface area (TPSA) is 88.5 Å². The van der Waals surface area contributed by atoms with Crippen LogP contribution < -0.4 is 0 Å². The van der Waals surface area contributed by atoms with E-state index in [-0.39, 0.29) is 0 Å². The average molecular weight is 294 g/mol. The molecule has 1 aliphatic heterocycles. The average Bonchev–Trinajstić information content (AvgIpc) is 2.53. The van der Waals surface area contributed by atoms with Crippen molar-refractivity contribution in [3.05, 3.63) is 30.1 Å².